The van der Waals surface area contributed by atoms with Gasteiger partial charge in [0, 0.05) is 18.7 Å². The summed E-state index contributed by atoms with van der Waals surface area (Å²) in [5, 5.41) is 8.41. The van der Waals surface area contributed by atoms with Gasteiger partial charge < -0.3 is 9.84 Å². The van der Waals surface area contributed by atoms with Gasteiger partial charge in [0.05, 0.1) is 0 Å². The SMILES string of the molecule is CC(C)N1CCC[C@H]1CCCOCC(=O)O. The Kier molecular flexibility index (Phi) is 5.77. The van der Waals surface area contributed by atoms with E-state index in [9.17, 15) is 4.79 Å². The van der Waals surface area contributed by atoms with Gasteiger partial charge >= 0.3 is 5.97 Å². The van der Waals surface area contributed by atoms with Crippen molar-refractivity contribution >= 4 is 5.97 Å². The van der Waals surface area contributed by atoms with Crippen LogP contribution in [-0.4, -0.2) is 47.8 Å². The number of carboxylic acid groups (broad SMARTS) is 1. The molecule has 1 fully saturated rings. The molecule has 0 unspecified atom stereocenters. The van der Waals surface area contributed by atoms with Gasteiger partial charge in [-0.05, 0) is 46.1 Å². The molecule has 16 heavy (non-hydrogen) atoms. The van der Waals surface area contributed by atoms with Crippen molar-refractivity contribution in [3.63, 3.8) is 0 Å². The number of rotatable bonds is 7. The van der Waals surface area contributed by atoms with E-state index in [1.807, 2.05) is 0 Å². The molecule has 4 nitrogen and oxygen atoms in total. The van der Waals surface area contributed by atoms with Gasteiger partial charge in [0.15, 0.2) is 0 Å². The molecule has 0 bridgehead atoms. The first-order valence-electron chi connectivity index (χ1n) is 6.16. The van der Waals surface area contributed by atoms with Crippen molar-refractivity contribution in [2.75, 3.05) is 19.8 Å². The number of hydrogen-bond donors (Lipinski definition) is 1. The number of carbonyl (C=O) groups is 1. The van der Waals surface area contributed by atoms with Crippen LogP contribution in [0.5, 0.6) is 0 Å². The molecule has 0 aromatic rings. The molecule has 0 amide bonds. The number of nitrogens with zero attached hydrogens (tertiary/aromatic N) is 1. The minimum atomic E-state index is -0.885. The normalized spacial score (nSPS) is 21.8. The van der Waals surface area contributed by atoms with Crippen molar-refractivity contribution in [2.45, 2.75) is 51.6 Å². The summed E-state index contributed by atoms with van der Waals surface area (Å²) in [4.78, 5) is 12.8. The van der Waals surface area contributed by atoms with Crippen LogP contribution in [0.2, 0.25) is 0 Å². The highest BCUT2D eigenvalue weighted by molar-refractivity contribution is 5.67. The zero-order valence-electron chi connectivity index (χ0n) is 10.3. The third kappa shape index (κ3) is 4.49. The Hall–Kier alpha value is -0.610. The summed E-state index contributed by atoms with van der Waals surface area (Å²) in [5.41, 5.74) is 0. The quantitative estimate of drug-likeness (QED) is 0.676. The first kappa shape index (κ1) is 13.5. The zero-order chi connectivity index (χ0) is 12.0. The highest BCUT2D eigenvalue weighted by Crippen LogP contribution is 2.23. The van der Waals surface area contributed by atoms with E-state index in [1.165, 1.54) is 19.4 Å². The topological polar surface area (TPSA) is 49.8 Å². The molecule has 1 atom stereocenters. The third-order valence-corrected chi connectivity index (χ3v) is 3.14. The largest absolute Gasteiger partial charge is 0.480 e. The van der Waals surface area contributed by atoms with Crippen LogP contribution < -0.4 is 0 Å². The molecule has 0 saturated carbocycles. The third-order valence-electron chi connectivity index (χ3n) is 3.14. The Morgan fingerprint density at radius 2 is 2.31 bits per heavy atom. The lowest BCUT2D eigenvalue weighted by atomic mass is 10.1. The van der Waals surface area contributed by atoms with Gasteiger partial charge in [0.1, 0.15) is 6.61 Å². The lowest BCUT2D eigenvalue weighted by molar-refractivity contribution is -0.142. The fourth-order valence-electron chi connectivity index (χ4n) is 2.43. The maximum absolute atomic E-state index is 10.2. The Balaban J connectivity index is 2.10. The van der Waals surface area contributed by atoms with Crippen LogP contribution >= 0.6 is 0 Å². The van der Waals surface area contributed by atoms with Gasteiger partial charge in [-0.3, -0.25) is 4.90 Å². The van der Waals surface area contributed by atoms with Crippen LogP contribution in [0.25, 0.3) is 0 Å². The van der Waals surface area contributed by atoms with Crippen LogP contribution in [0.3, 0.4) is 0 Å². The van der Waals surface area contributed by atoms with E-state index in [0.29, 0.717) is 18.7 Å². The Labute approximate surface area is 97.6 Å². The summed E-state index contributed by atoms with van der Waals surface area (Å²) in [6.45, 7) is 6.07. The summed E-state index contributed by atoms with van der Waals surface area (Å²) in [7, 11) is 0. The highest BCUT2D eigenvalue weighted by atomic mass is 16.5. The molecule has 0 aromatic heterocycles. The molecule has 94 valence electrons. The first-order chi connectivity index (χ1) is 7.61. The molecule has 1 aliphatic heterocycles. The van der Waals surface area contributed by atoms with E-state index in [2.05, 4.69) is 18.7 Å². The van der Waals surface area contributed by atoms with Crippen molar-refractivity contribution in [3.8, 4) is 0 Å². The molecule has 1 saturated heterocycles. The van der Waals surface area contributed by atoms with Gasteiger partial charge in [-0.25, -0.2) is 4.79 Å². The second-order valence-electron chi connectivity index (χ2n) is 4.72. The lowest BCUT2D eigenvalue weighted by Crippen LogP contribution is -2.35. The Bertz CT molecular complexity index is 218. The van der Waals surface area contributed by atoms with E-state index in [-0.39, 0.29) is 6.61 Å². The van der Waals surface area contributed by atoms with Crippen LogP contribution in [0.15, 0.2) is 0 Å². The zero-order valence-corrected chi connectivity index (χ0v) is 10.3. The van der Waals surface area contributed by atoms with Crippen LogP contribution in [0.4, 0.5) is 0 Å². The van der Waals surface area contributed by atoms with Gasteiger partial charge in [-0.15, -0.1) is 0 Å². The van der Waals surface area contributed by atoms with E-state index in [4.69, 9.17) is 9.84 Å². The summed E-state index contributed by atoms with van der Waals surface area (Å²) >= 11 is 0. The lowest BCUT2D eigenvalue weighted by Gasteiger charge is -2.28. The van der Waals surface area contributed by atoms with Crippen molar-refractivity contribution in [3.05, 3.63) is 0 Å². The molecule has 1 N–H and O–H groups in total. The number of ether oxygens (including phenoxy) is 1. The highest BCUT2D eigenvalue weighted by Gasteiger charge is 2.25. The number of likely N-dealkylation sites (tertiary alicyclic amines) is 1. The Morgan fingerprint density at radius 1 is 1.56 bits per heavy atom. The molecule has 0 spiro atoms. The number of carboxylic acids is 1. The average molecular weight is 229 g/mol. The summed E-state index contributed by atoms with van der Waals surface area (Å²) in [5.74, 6) is -0.885. The minimum absolute atomic E-state index is 0.168. The molecule has 0 aromatic carbocycles. The van der Waals surface area contributed by atoms with Crippen molar-refractivity contribution in [1.82, 2.24) is 4.90 Å². The van der Waals surface area contributed by atoms with Crippen molar-refractivity contribution < 1.29 is 14.6 Å². The summed E-state index contributed by atoms with van der Waals surface area (Å²) in [6, 6.07) is 1.29. The minimum Gasteiger partial charge on any atom is -0.480 e. The fraction of sp³-hybridized carbons (Fsp3) is 0.917. The second kappa shape index (κ2) is 6.86. The van der Waals surface area contributed by atoms with Gasteiger partial charge in [-0.1, -0.05) is 0 Å². The van der Waals surface area contributed by atoms with Crippen LogP contribution in [0.1, 0.15) is 39.5 Å². The van der Waals surface area contributed by atoms with E-state index in [1.54, 1.807) is 0 Å². The van der Waals surface area contributed by atoms with E-state index >= 15 is 0 Å². The molecule has 4 heteroatoms. The monoisotopic (exact) mass is 229 g/mol. The smallest absolute Gasteiger partial charge is 0.329 e. The predicted octanol–water partition coefficient (Wildman–Crippen LogP) is 1.74. The predicted molar refractivity (Wildman–Crippen MR) is 62.6 cm³/mol. The Morgan fingerprint density at radius 3 is 2.94 bits per heavy atom. The number of aliphatic carboxylic acids is 1. The van der Waals surface area contributed by atoms with Crippen LogP contribution in [0, 0.1) is 0 Å². The van der Waals surface area contributed by atoms with Gasteiger partial charge in [-0.2, -0.15) is 0 Å². The standard InChI is InChI=1S/C12H23NO3/c1-10(2)13-7-3-5-11(13)6-4-8-16-9-12(14)15/h10-11H,3-9H2,1-2H3,(H,14,15)/t11-/m0/s1. The molecule has 0 radical (unpaired) electrons. The van der Waals surface area contributed by atoms with Crippen molar-refractivity contribution in [2.24, 2.45) is 0 Å². The molecular weight excluding hydrogens is 206 g/mol. The molecular formula is C12H23NO3. The summed E-state index contributed by atoms with van der Waals surface area (Å²) < 4.78 is 5.03. The molecule has 1 aliphatic rings. The van der Waals surface area contributed by atoms with Crippen LogP contribution in [-0.2, 0) is 9.53 Å². The van der Waals surface area contributed by atoms with Gasteiger partial charge in [0.2, 0.25) is 0 Å². The first-order valence-corrected chi connectivity index (χ1v) is 6.16. The summed E-state index contributed by atoms with van der Waals surface area (Å²) in [6.07, 6.45) is 4.65. The van der Waals surface area contributed by atoms with E-state index in [0.717, 1.165) is 12.8 Å². The second-order valence-corrected chi connectivity index (χ2v) is 4.72. The maximum Gasteiger partial charge on any atom is 0.329 e. The number of hydrogen-bond acceptors (Lipinski definition) is 3. The average Bonchev–Trinajstić information content (AvgIpc) is 2.65. The van der Waals surface area contributed by atoms with Crippen molar-refractivity contribution in [1.29, 1.82) is 0 Å². The molecule has 1 heterocycles. The van der Waals surface area contributed by atoms with Gasteiger partial charge in [0.25, 0.3) is 0 Å². The maximum atomic E-state index is 10.2. The van der Waals surface area contributed by atoms with E-state index < -0.39 is 5.97 Å². The molecule has 1 rings (SSSR count). The molecule has 0 aliphatic carbocycles. The fourth-order valence-corrected chi connectivity index (χ4v) is 2.43.